The predicted octanol–water partition coefficient (Wildman–Crippen LogP) is 3.71. The van der Waals surface area contributed by atoms with Gasteiger partial charge in [0.15, 0.2) is 17.3 Å². The number of carbonyl (C=O) groups is 3. The van der Waals surface area contributed by atoms with Crippen LogP contribution in [0.2, 0.25) is 0 Å². The van der Waals surface area contributed by atoms with Gasteiger partial charge in [0.25, 0.3) is 0 Å². The molecule has 0 saturated carbocycles. The van der Waals surface area contributed by atoms with Crippen LogP contribution in [-0.2, 0) is 23.9 Å². The third kappa shape index (κ3) is 4.46. The molecule has 1 aliphatic carbocycles. The Bertz CT molecular complexity index is 1270. The molecule has 0 saturated heterocycles. The minimum atomic E-state index is -1.06. The highest BCUT2D eigenvalue weighted by Crippen LogP contribution is 2.51. The number of allylic oxidation sites excluding steroid dienone is 3. The average molecular weight is 528 g/mol. The van der Waals surface area contributed by atoms with Crippen molar-refractivity contribution in [2.24, 2.45) is 5.92 Å². The molecule has 0 fully saturated rings. The second kappa shape index (κ2) is 10.7. The van der Waals surface area contributed by atoms with Gasteiger partial charge in [-0.25, -0.2) is 4.79 Å². The topological polar surface area (TPSA) is 109 Å². The van der Waals surface area contributed by atoms with Crippen LogP contribution in [0, 0.1) is 5.92 Å². The Morgan fingerprint density at radius 3 is 2.19 bits per heavy atom. The van der Waals surface area contributed by atoms with Crippen molar-refractivity contribution in [3.63, 3.8) is 0 Å². The SMILES string of the molecule is COC(=O)C1=C(C)NC2=C(C(=O)[C@H](C(=O)OC)[C@@H](c3cccs3)C2)[C@H]1c1cc(OC)c(OC)c(OC)c1. The predicted molar refractivity (Wildman–Crippen MR) is 136 cm³/mol. The molecule has 1 N–H and O–H groups in total. The Labute approximate surface area is 219 Å². The lowest BCUT2D eigenvalue weighted by Crippen LogP contribution is -2.43. The lowest BCUT2D eigenvalue weighted by Gasteiger charge is -2.39. The largest absolute Gasteiger partial charge is 0.493 e. The van der Waals surface area contributed by atoms with Crippen molar-refractivity contribution in [3.8, 4) is 17.2 Å². The molecule has 0 unspecified atom stereocenters. The molecule has 9 nitrogen and oxygen atoms in total. The van der Waals surface area contributed by atoms with E-state index < -0.39 is 35.5 Å². The number of hydrogen-bond acceptors (Lipinski definition) is 10. The monoisotopic (exact) mass is 527 g/mol. The Balaban J connectivity index is 1.97. The van der Waals surface area contributed by atoms with Gasteiger partial charge in [-0.15, -0.1) is 11.3 Å². The molecule has 37 heavy (non-hydrogen) atoms. The molecule has 0 amide bonds. The van der Waals surface area contributed by atoms with E-state index in [2.05, 4.69) is 5.32 Å². The molecule has 0 bridgehead atoms. The van der Waals surface area contributed by atoms with E-state index >= 15 is 0 Å². The normalized spacial score (nSPS) is 21.1. The summed E-state index contributed by atoms with van der Waals surface area (Å²) in [5.41, 5.74) is 2.31. The van der Waals surface area contributed by atoms with Crippen molar-refractivity contribution < 1.29 is 38.1 Å². The number of dihydropyridines is 1. The lowest BCUT2D eigenvalue weighted by atomic mass is 9.68. The fourth-order valence-corrected chi connectivity index (χ4v) is 6.05. The van der Waals surface area contributed by atoms with Crippen molar-refractivity contribution in [1.82, 2.24) is 5.32 Å². The summed E-state index contributed by atoms with van der Waals surface area (Å²) in [5.74, 6) is -2.84. The van der Waals surface area contributed by atoms with Crippen LogP contribution in [0.1, 0.15) is 35.6 Å². The van der Waals surface area contributed by atoms with Gasteiger partial charge in [0.05, 0.1) is 41.1 Å². The highest BCUT2D eigenvalue weighted by Gasteiger charge is 2.49. The minimum absolute atomic E-state index is 0.252. The number of Topliss-reactive ketones (excluding diaryl/α,β-unsaturated/α-hetero) is 1. The summed E-state index contributed by atoms with van der Waals surface area (Å²) in [5, 5.41) is 5.17. The van der Waals surface area contributed by atoms with Crippen LogP contribution in [0.15, 0.2) is 52.2 Å². The quantitative estimate of drug-likeness (QED) is 0.426. The average Bonchev–Trinajstić information content (AvgIpc) is 3.45. The summed E-state index contributed by atoms with van der Waals surface area (Å²) < 4.78 is 26.7. The van der Waals surface area contributed by atoms with E-state index in [1.807, 2.05) is 17.5 Å². The summed E-state index contributed by atoms with van der Waals surface area (Å²) in [6, 6.07) is 7.19. The van der Waals surface area contributed by atoms with Crippen LogP contribution < -0.4 is 19.5 Å². The number of hydrogen-bond donors (Lipinski definition) is 1. The van der Waals surface area contributed by atoms with Gasteiger partial charge in [-0.1, -0.05) is 6.07 Å². The Morgan fingerprint density at radius 2 is 1.68 bits per heavy atom. The second-order valence-electron chi connectivity index (χ2n) is 8.63. The first-order valence-corrected chi connectivity index (χ1v) is 12.4. The van der Waals surface area contributed by atoms with E-state index in [0.29, 0.717) is 46.2 Å². The zero-order valence-corrected chi connectivity index (χ0v) is 22.3. The molecule has 2 aromatic rings. The number of carbonyl (C=O) groups excluding carboxylic acids is 3. The molecule has 4 rings (SSSR count). The van der Waals surface area contributed by atoms with E-state index in [4.69, 9.17) is 23.7 Å². The van der Waals surface area contributed by atoms with Crippen molar-refractivity contribution in [3.05, 3.63) is 62.6 Å². The molecule has 1 aromatic heterocycles. The smallest absolute Gasteiger partial charge is 0.336 e. The number of methoxy groups -OCH3 is 5. The Kier molecular flexibility index (Phi) is 7.58. The molecular weight excluding hydrogens is 498 g/mol. The molecule has 2 heterocycles. The van der Waals surface area contributed by atoms with E-state index in [-0.39, 0.29) is 5.57 Å². The Morgan fingerprint density at radius 1 is 1.00 bits per heavy atom. The standard InChI is InChI=1S/C27H29NO8S/c1-13-20(26(30)35-5)21(14-10-17(32-2)25(34-4)18(11-14)33-3)23-16(28-13)12-15(19-8-7-9-37-19)22(24(23)29)27(31)36-6/h7-11,15,21-22,28H,12H2,1-6H3/t15-,21+,22-/m1/s1. The summed E-state index contributed by atoms with van der Waals surface area (Å²) in [7, 11) is 7.02. The zero-order chi connectivity index (χ0) is 26.9. The van der Waals surface area contributed by atoms with Gasteiger partial charge in [-0.2, -0.15) is 0 Å². The fourth-order valence-electron chi connectivity index (χ4n) is 5.18. The van der Waals surface area contributed by atoms with E-state index in [1.54, 1.807) is 19.1 Å². The van der Waals surface area contributed by atoms with Crippen LogP contribution in [-0.4, -0.2) is 53.3 Å². The molecule has 2 aliphatic rings. The third-order valence-electron chi connectivity index (χ3n) is 6.81. The number of rotatable bonds is 7. The van der Waals surface area contributed by atoms with Crippen LogP contribution in [0.3, 0.4) is 0 Å². The lowest BCUT2D eigenvalue weighted by molar-refractivity contribution is -0.149. The Hall–Kier alpha value is -3.79. The highest BCUT2D eigenvalue weighted by atomic mass is 32.1. The number of benzene rings is 1. The summed E-state index contributed by atoms with van der Waals surface area (Å²) in [6.45, 7) is 1.76. The number of ether oxygens (including phenoxy) is 5. The van der Waals surface area contributed by atoms with Crippen LogP contribution in [0.5, 0.6) is 17.2 Å². The first-order valence-electron chi connectivity index (χ1n) is 11.6. The molecule has 0 spiro atoms. The molecule has 196 valence electrons. The summed E-state index contributed by atoms with van der Waals surface area (Å²) in [6.07, 6.45) is 0.383. The number of thiophene rings is 1. The number of ketones is 1. The maximum Gasteiger partial charge on any atom is 0.336 e. The summed E-state index contributed by atoms with van der Waals surface area (Å²) >= 11 is 1.48. The maximum atomic E-state index is 14.2. The van der Waals surface area contributed by atoms with Gasteiger partial charge in [0.1, 0.15) is 5.92 Å². The maximum absolute atomic E-state index is 14.2. The van der Waals surface area contributed by atoms with Crippen molar-refractivity contribution in [2.45, 2.75) is 25.2 Å². The summed E-state index contributed by atoms with van der Waals surface area (Å²) in [4.78, 5) is 41.1. The second-order valence-corrected chi connectivity index (χ2v) is 9.61. The first kappa shape index (κ1) is 26.3. The fraction of sp³-hybridized carbons (Fsp3) is 0.370. The third-order valence-corrected chi connectivity index (χ3v) is 7.81. The van der Waals surface area contributed by atoms with Crippen LogP contribution in [0.25, 0.3) is 0 Å². The van der Waals surface area contributed by atoms with Crippen molar-refractivity contribution >= 4 is 29.1 Å². The molecule has 1 aromatic carbocycles. The van der Waals surface area contributed by atoms with Crippen LogP contribution in [0.4, 0.5) is 0 Å². The van der Waals surface area contributed by atoms with E-state index in [1.165, 1.54) is 46.9 Å². The number of nitrogens with one attached hydrogen (secondary N) is 1. The van der Waals surface area contributed by atoms with Gasteiger partial charge in [0.2, 0.25) is 5.75 Å². The van der Waals surface area contributed by atoms with Gasteiger partial charge in [-0.3, -0.25) is 9.59 Å². The van der Waals surface area contributed by atoms with Crippen molar-refractivity contribution in [2.75, 3.05) is 35.5 Å². The molecule has 3 atom stereocenters. The number of esters is 2. The van der Waals surface area contributed by atoms with Crippen molar-refractivity contribution in [1.29, 1.82) is 0 Å². The first-order chi connectivity index (χ1) is 17.8. The zero-order valence-electron chi connectivity index (χ0n) is 21.5. The highest BCUT2D eigenvalue weighted by molar-refractivity contribution is 7.10. The molecule has 1 aliphatic heterocycles. The minimum Gasteiger partial charge on any atom is -0.493 e. The van der Waals surface area contributed by atoms with Gasteiger partial charge < -0.3 is 29.0 Å². The molecule has 10 heteroatoms. The van der Waals surface area contributed by atoms with E-state index in [0.717, 1.165) is 4.88 Å². The van der Waals surface area contributed by atoms with E-state index in [9.17, 15) is 14.4 Å². The van der Waals surface area contributed by atoms with Gasteiger partial charge in [0, 0.05) is 33.7 Å². The van der Waals surface area contributed by atoms with Gasteiger partial charge in [-0.05, 0) is 42.5 Å². The molecule has 0 radical (unpaired) electrons. The van der Waals surface area contributed by atoms with Gasteiger partial charge >= 0.3 is 11.9 Å². The van der Waals surface area contributed by atoms with Crippen LogP contribution >= 0.6 is 11.3 Å². The molecular formula is C27H29NO8S.